The maximum absolute atomic E-state index is 12.2. The number of rotatable bonds is 7. The normalized spacial score (nSPS) is 11.3. The van der Waals surface area contributed by atoms with Gasteiger partial charge in [0.15, 0.2) is 0 Å². The van der Waals surface area contributed by atoms with Crippen molar-refractivity contribution in [2.24, 2.45) is 0 Å². The Hall–Kier alpha value is -1.75. The molecule has 0 aliphatic heterocycles. The summed E-state index contributed by atoms with van der Waals surface area (Å²) in [5, 5.41) is 15.1. The number of aliphatic hydroxyl groups is 1. The minimum Gasteiger partial charge on any atom is -0.489 e. The summed E-state index contributed by atoms with van der Waals surface area (Å²) >= 11 is 0. The molecule has 0 bridgehead atoms. The third kappa shape index (κ3) is 4.93. The highest BCUT2D eigenvalue weighted by atomic mass is 16.5. The van der Waals surface area contributed by atoms with Crippen LogP contribution < -0.4 is 15.4 Å². The second kappa shape index (κ2) is 7.88. The first-order valence-electron chi connectivity index (χ1n) is 7.42. The standard InChI is InChI=1S/C16H26N2O3/c1-5-16(6-2,11-19)18-15(20)17-13-9-7-8-10-14(13)21-12(3)4/h7-10,12,19H,5-6,11H2,1-4H3,(H2,17,18,20). The molecule has 0 atom stereocenters. The molecule has 0 fully saturated rings. The molecule has 0 saturated heterocycles. The number of hydrogen-bond donors (Lipinski definition) is 3. The second-order valence-electron chi connectivity index (χ2n) is 5.39. The van der Waals surface area contributed by atoms with Crippen molar-refractivity contribution in [3.63, 3.8) is 0 Å². The molecule has 0 unspecified atom stereocenters. The Kier molecular flexibility index (Phi) is 6.49. The Morgan fingerprint density at radius 2 is 1.90 bits per heavy atom. The van der Waals surface area contributed by atoms with Crippen LogP contribution in [0.1, 0.15) is 40.5 Å². The zero-order valence-corrected chi connectivity index (χ0v) is 13.3. The maximum Gasteiger partial charge on any atom is 0.319 e. The van der Waals surface area contributed by atoms with Crippen molar-refractivity contribution in [1.29, 1.82) is 0 Å². The third-order valence-electron chi connectivity index (χ3n) is 3.53. The van der Waals surface area contributed by atoms with Crippen LogP contribution in [0.3, 0.4) is 0 Å². The Balaban J connectivity index is 2.79. The molecule has 0 radical (unpaired) electrons. The van der Waals surface area contributed by atoms with Crippen LogP contribution >= 0.6 is 0 Å². The van der Waals surface area contributed by atoms with Crippen molar-refractivity contribution in [1.82, 2.24) is 5.32 Å². The van der Waals surface area contributed by atoms with Crippen LogP contribution in [0.2, 0.25) is 0 Å². The summed E-state index contributed by atoms with van der Waals surface area (Å²) in [5.74, 6) is 0.630. The molecule has 0 aliphatic carbocycles. The molecule has 0 aromatic heterocycles. The van der Waals surface area contributed by atoms with E-state index in [1.807, 2.05) is 45.9 Å². The van der Waals surface area contributed by atoms with E-state index in [9.17, 15) is 9.90 Å². The predicted octanol–water partition coefficient (Wildman–Crippen LogP) is 3.15. The fourth-order valence-electron chi connectivity index (χ4n) is 2.01. The van der Waals surface area contributed by atoms with Crippen molar-refractivity contribution in [2.45, 2.75) is 52.2 Å². The lowest BCUT2D eigenvalue weighted by atomic mass is 9.94. The van der Waals surface area contributed by atoms with Gasteiger partial charge in [-0.05, 0) is 38.8 Å². The van der Waals surface area contributed by atoms with E-state index in [-0.39, 0.29) is 18.7 Å². The van der Waals surface area contributed by atoms with Crippen LogP contribution in [0.5, 0.6) is 5.75 Å². The van der Waals surface area contributed by atoms with E-state index in [0.29, 0.717) is 24.3 Å². The maximum atomic E-state index is 12.2. The fourth-order valence-corrected chi connectivity index (χ4v) is 2.01. The molecule has 5 heteroatoms. The predicted molar refractivity (Wildman–Crippen MR) is 84.8 cm³/mol. The summed E-state index contributed by atoms with van der Waals surface area (Å²) in [4.78, 5) is 12.2. The molecule has 1 rings (SSSR count). The highest BCUT2D eigenvalue weighted by molar-refractivity contribution is 5.91. The van der Waals surface area contributed by atoms with Gasteiger partial charge in [0.1, 0.15) is 5.75 Å². The smallest absolute Gasteiger partial charge is 0.319 e. The SMILES string of the molecule is CCC(CC)(CO)NC(=O)Nc1ccccc1OC(C)C. The molecule has 0 heterocycles. The first-order valence-corrected chi connectivity index (χ1v) is 7.42. The van der Waals surface area contributed by atoms with E-state index in [4.69, 9.17) is 4.74 Å². The van der Waals surface area contributed by atoms with Crippen molar-refractivity contribution < 1.29 is 14.6 Å². The van der Waals surface area contributed by atoms with Crippen molar-refractivity contribution in [2.75, 3.05) is 11.9 Å². The van der Waals surface area contributed by atoms with Gasteiger partial charge in [0.2, 0.25) is 0 Å². The number of anilines is 1. The highest BCUT2D eigenvalue weighted by Gasteiger charge is 2.27. The van der Waals surface area contributed by atoms with Crippen LogP contribution in [0, 0.1) is 0 Å². The number of carbonyl (C=O) groups is 1. The van der Waals surface area contributed by atoms with E-state index in [0.717, 1.165) is 0 Å². The largest absolute Gasteiger partial charge is 0.489 e. The monoisotopic (exact) mass is 294 g/mol. The number of para-hydroxylation sites is 2. The van der Waals surface area contributed by atoms with Crippen LogP contribution in [0.25, 0.3) is 0 Å². The Morgan fingerprint density at radius 1 is 1.29 bits per heavy atom. The highest BCUT2D eigenvalue weighted by Crippen LogP contribution is 2.25. The lowest BCUT2D eigenvalue weighted by molar-refractivity contribution is 0.155. The van der Waals surface area contributed by atoms with Crippen LogP contribution in [0.15, 0.2) is 24.3 Å². The first kappa shape index (κ1) is 17.3. The number of aliphatic hydroxyl groups excluding tert-OH is 1. The number of benzene rings is 1. The van der Waals surface area contributed by atoms with E-state index in [1.165, 1.54) is 0 Å². The van der Waals surface area contributed by atoms with Gasteiger partial charge in [-0.15, -0.1) is 0 Å². The fraction of sp³-hybridized carbons (Fsp3) is 0.562. The lowest BCUT2D eigenvalue weighted by Crippen LogP contribution is -2.52. The minimum atomic E-state index is -0.585. The summed E-state index contributed by atoms with van der Waals surface area (Å²) in [5.41, 5.74) is 0.0283. The van der Waals surface area contributed by atoms with Gasteiger partial charge < -0.3 is 20.5 Å². The zero-order valence-electron chi connectivity index (χ0n) is 13.3. The van der Waals surface area contributed by atoms with Gasteiger partial charge >= 0.3 is 6.03 Å². The minimum absolute atomic E-state index is 0.0267. The molecule has 1 aromatic carbocycles. The van der Waals surface area contributed by atoms with Gasteiger partial charge in [0.25, 0.3) is 0 Å². The lowest BCUT2D eigenvalue weighted by Gasteiger charge is -2.30. The molecule has 1 aromatic rings. The number of carbonyl (C=O) groups excluding carboxylic acids is 1. The van der Waals surface area contributed by atoms with Crippen LogP contribution in [-0.2, 0) is 0 Å². The average molecular weight is 294 g/mol. The molecule has 21 heavy (non-hydrogen) atoms. The van der Waals surface area contributed by atoms with Gasteiger partial charge in [0, 0.05) is 0 Å². The Morgan fingerprint density at radius 3 is 2.43 bits per heavy atom. The number of nitrogens with one attached hydrogen (secondary N) is 2. The quantitative estimate of drug-likeness (QED) is 0.723. The number of amides is 2. The second-order valence-corrected chi connectivity index (χ2v) is 5.39. The molecular formula is C16H26N2O3. The van der Waals surface area contributed by atoms with E-state index in [2.05, 4.69) is 10.6 Å². The van der Waals surface area contributed by atoms with Crippen molar-refractivity contribution >= 4 is 11.7 Å². The van der Waals surface area contributed by atoms with Crippen LogP contribution in [-0.4, -0.2) is 29.4 Å². The first-order chi connectivity index (χ1) is 9.96. The van der Waals surface area contributed by atoms with Crippen molar-refractivity contribution in [3.8, 4) is 5.75 Å². The molecule has 3 N–H and O–H groups in total. The molecular weight excluding hydrogens is 268 g/mol. The summed E-state index contributed by atoms with van der Waals surface area (Å²) in [6.07, 6.45) is 1.36. The number of urea groups is 1. The zero-order chi connectivity index (χ0) is 15.9. The van der Waals surface area contributed by atoms with Gasteiger partial charge in [-0.25, -0.2) is 4.79 Å². The Bertz CT molecular complexity index is 448. The van der Waals surface area contributed by atoms with Gasteiger partial charge in [-0.3, -0.25) is 0 Å². The van der Waals surface area contributed by atoms with Crippen LogP contribution in [0.4, 0.5) is 10.5 Å². The summed E-state index contributed by atoms with van der Waals surface area (Å²) in [7, 11) is 0. The van der Waals surface area contributed by atoms with Gasteiger partial charge in [-0.1, -0.05) is 26.0 Å². The summed E-state index contributed by atoms with van der Waals surface area (Å²) in [6.45, 7) is 7.66. The van der Waals surface area contributed by atoms with E-state index >= 15 is 0 Å². The number of hydrogen-bond acceptors (Lipinski definition) is 3. The van der Waals surface area contributed by atoms with Gasteiger partial charge in [-0.2, -0.15) is 0 Å². The molecule has 0 aliphatic rings. The molecule has 2 amide bonds. The number of ether oxygens (including phenoxy) is 1. The van der Waals surface area contributed by atoms with Gasteiger partial charge in [0.05, 0.1) is 23.9 Å². The van der Waals surface area contributed by atoms with E-state index in [1.54, 1.807) is 6.07 Å². The summed E-state index contributed by atoms with van der Waals surface area (Å²) in [6, 6.07) is 6.95. The summed E-state index contributed by atoms with van der Waals surface area (Å²) < 4.78 is 5.66. The molecule has 0 spiro atoms. The molecule has 5 nitrogen and oxygen atoms in total. The average Bonchev–Trinajstić information content (AvgIpc) is 2.46. The Labute approximate surface area is 126 Å². The topological polar surface area (TPSA) is 70.6 Å². The van der Waals surface area contributed by atoms with Crippen molar-refractivity contribution in [3.05, 3.63) is 24.3 Å². The van der Waals surface area contributed by atoms with E-state index < -0.39 is 5.54 Å². The molecule has 118 valence electrons. The third-order valence-corrected chi connectivity index (χ3v) is 3.53. The molecule has 0 saturated carbocycles.